The Balaban J connectivity index is 1.19. The third-order valence-electron chi connectivity index (χ3n) is 6.14. The summed E-state index contributed by atoms with van der Waals surface area (Å²) in [5, 5.41) is 7.17. The van der Waals surface area contributed by atoms with Crippen LogP contribution in [-0.2, 0) is 24.2 Å². The molecule has 5 rings (SSSR count). The number of urea groups is 1. The molecule has 1 aliphatic carbocycles. The number of hydrogen-bond acceptors (Lipinski definition) is 2. The number of aryl methyl sites for hydroxylation is 2. The number of carbonyl (C=O) groups excluding carboxylic acids is 2. The Morgan fingerprint density at radius 1 is 1.10 bits per heavy atom. The van der Waals surface area contributed by atoms with Crippen molar-refractivity contribution < 1.29 is 9.59 Å². The highest BCUT2D eigenvalue weighted by molar-refractivity contribution is 5.96. The Morgan fingerprint density at radius 3 is 2.80 bits per heavy atom. The average molecular weight is 402 g/mol. The molecule has 2 heterocycles. The largest absolute Gasteiger partial charge is 0.358 e. The second kappa shape index (κ2) is 7.86. The highest BCUT2D eigenvalue weighted by Crippen LogP contribution is 2.29. The number of rotatable bonds is 4. The zero-order valence-corrected chi connectivity index (χ0v) is 16.9. The van der Waals surface area contributed by atoms with Gasteiger partial charge in [0.25, 0.3) is 0 Å². The van der Waals surface area contributed by atoms with Crippen molar-refractivity contribution >= 4 is 28.5 Å². The number of benzene rings is 2. The van der Waals surface area contributed by atoms with E-state index in [1.807, 2.05) is 30.3 Å². The highest BCUT2D eigenvalue weighted by atomic mass is 16.2. The molecule has 0 bridgehead atoms. The Bertz CT molecular complexity index is 1090. The summed E-state index contributed by atoms with van der Waals surface area (Å²) in [4.78, 5) is 30.0. The first-order valence-electron chi connectivity index (χ1n) is 10.7. The summed E-state index contributed by atoms with van der Waals surface area (Å²) >= 11 is 0. The van der Waals surface area contributed by atoms with Gasteiger partial charge in [0, 0.05) is 41.8 Å². The van der Waals surface area contributed by atoms with Crippen LogP contribution in [0.2, 0.25) is 0 Å². The van der Waals surface area contributed by atoms with E-state index in [0.29, 0.717) is 19.5 Å². The maximum Gasteiger partial charge on any atom is 0.315 e. The lowest BCUT2D eigenvalue weighted by Gasteiger charge is -2.17. The van der Waals surface area contributed by atoms with Gasteiger partial charge in [0.05, 0.1) is 6.04 Å². The van der Waals surface area contributed by atoms with Crippen molar-refractivity contribution in [3.05, 3.63) is 65.4 Å². The standard InChI is InChI=1S/C24H26N4O2/c29-23-13-17(15-28(23)18-6-2-1-3-7-18)26-24(30)25-14-16-10-11-22-20(12-16)19-8-4-5-9-21(19)27-22/h1-3,6-7,10-12,17,27H,4-5,8-9,13-15H2,(H2,25,26,30)/t17-/m0/s1. The fourth-order valence-corrected chi connectivity index (χ4v) is 4.64. The number of hydrogen-bond donors (Lipinski definition) is 3. The number of nitrogens with zero attached hydrogens (tertiary/aromatic N) is 1. The molecule has 3 N–H and O–H groups in total. The Morgan fingerprint density at radius 2 is 1.93 bits per heavy atom. The highest BCUT2D eigenvalue weighted by Gasteiger charge is 2.31. The Hall–Kier alpha value is -3.28. The van der Waals surface area contributed by atoms with E-state index in [0.717, 1.165) is 24.1 Å². The van der Waals surface area contributed by atoms with Gasteiger partial charge in [0.15, 0.2) is 0 Å². The van der Waals surface area contributed by atoms with Crippen molar-refractivity contribution in [1.29, 1.82) is 0 Å². The van der Waals surface area contributed by atoms with E-state index in [4.69, 9.17) is 0 Å². The fourth-order valence-electron chi connectivity index (χ4n) is 4.64. The number of aromatic nitrogens is 1. The number of nitrogens with one attached hydrogen (secondary N) is 3. The first-order chi connectivity index (χ1) is 14.7. The van der Waals surface area contributed by atoms with E-state index < -0.39 is 0 Å². The quantitative estimate of drug-likeness (QED) is 0.623. The molecule has 1 saturated heterocycles. The van der Waals surface area contributed by atoms with Crippen LogP contribution in [0.1, 0.15) is 36.1 Å². The van der Waals surface area contributed by atoms with Crippen LogP contribution < -0.4 is 15.5 Å². The van der Waals surface area contributed by atoms with Crippen molar-refractivity contribution in [3.63, 3.8) is 0 Å². The van der Waals surface area contributed by atoms with Crippen molar-refractivity contribution in [2.45, 2.75) is 44.7 Å². The smallest absolute Gasteiger partial charge is 0.315 e. The number of aromatic amines is 1. The van der Waals surface area contributed by atoms with Gasteiger partial charge in [0.1, 0.15) is 0 Å². The molecule has 0 radical (unpaired) electrons. The molecule has 1 atom stereocenters. The molecule has 2 aromatic carbocycles. The normalized spacial score (nSPS) is 18.5. The molecule has 0 spiro atoms. The van der Waals surface area contributed by atoms with Crippen molar-refractivity contribution in [2.24, 2.45) is 0 Å². The van der Waals surface area contributed by atoms with Gasteiger partial charge >= 0.3 is 6.03 Å². The van der Waals surface area contributed by atoms with Gasteiger partial charge in [-0.2, -0.15) is 0 Å². The van der Waals surface area contributed by atoms with E-state index in [-0.39, 0.29) is 18.0 Å². The number of para-hydroxylation sites is 1. The molecule has 1 aromatic heterocycles. The molecule has 0 saturated carbocycles. The van der Waals surface area contributed by atoms with Gasteiger partial charge in [-0.25, -0.2) is 4.79 Å². The van der Waals surface area contributed by atoms with Crippen molar-refractivity contribution in [2.75, 3.05) is 11.4 Å². The zero-order chi connectivity index (χ0) is 20.5. The van der Waals surface area contributed by atoms with Crippen LogP contribution in [0.25, 0.3) is 10.9 Å². The topological polar surface area (TPSA) is 77.2 Å². The summed E-state index contributed by atoms with van der Waals surface area (Å²) in [6.07, 6.45) is 5.06. The summed E-state index contributed by atoms with van der Waals surface area (Å²) in [5.41, 5.74) is 5.94. The van der Waals surface area contributed by atoms with E-state index in [1.165, 1.54) is 35.0 Å². The van der Waals surface area contributed by atoms with E-state index in [9.17, 15) is 9.59 Å². The van der Waals surface area contributed by atoms with E-state index in [1.54, 1.807) is 4.90 Å². The Labute approximate surface area is 175 Å². The first kappa shape index (κ1) is 18.7. The molecule has 154 valence electrons. The first-order valence-corrected chi connectivity index (χ1v) is 10.7. The Kier molecular flexibility index (Phi) is 4.91. The number of anilines is 1. The van der Waals surface area contributed by atoms with Gasteiger partial charge in [-0.3, -0.25) is 4.79 Å². The maximum absolute atomic E-state index is 12.4. The fraction of sp³-hybridized carbons (Fsp3) is 0.333. The monoisotopic (exact) mass is 402 g/mol. The van der Waals surface area contributed by atoms with Crippen LogP contribution in [0, 0.1) is 0 Å². The van der Waals surface area contributed by atoms with Crippen LogP contribution in [-0.4, -0.2) is 29.5 Å². The SMILES string of the molecule is O=C(NCc1ccc2[nH]c3c(c2c1)CCCC3)N[C@H]1CC(=O)N(c2ccccc2)C1. The third-order valence-corrected chi connectivity index (χ3v) is 6.14. The molecule has 0 unspecified atom stereocenters. The van der Waals surface area contributed by atoms with Crippen LogP contribution in [0.15, 0.2) is 48.5 Å². The summed E-state index contributed by atoms with van der Waals surface area (Å²) < 4.78 is 0. The minimum Gasteiger partial charge on any atom is -0.358 e. The number of carbonyl (C=O) groups is 2. The predicted octanol–water partition coefficient (Wildman–Crippen LogP) is 3.65. The molecule has 6 nitrogen and oxygen atoms in total. The van der Waals surface area contributed by atoms with Crippen LogP contribution in [0.4, 0.5) is 10.5 Å². The van der Waals surface area contributed by atoms with E-state index in [2.05, 4.69) is 33.8 Å². The lowest BCUT2D eigenvalue weighted by atomic mass is 9.95. The molecule has 1 aliphatic heterocycles. The second-order valence-corrected chi connectivity index (χ2v) is 8.24. The molecular weight excluding hydrogens is 376 g/mol. The van der Waals surface area contributed by atoms with Gasteiger partial charge in [0.2, 0.25) is 5.91 Å². The van der Waals surface area contributed by atoms with Gasteiger partial charge in [-0.1, -0.05) is 24.3 Å². The molecule has 3 amide bonds. The summed E-state index contributed by atoms with van der Waals surface area (Å²) in [6.45, 7) is 0.961. The van der Waals surface area contributed by atoms with Gasteiger partial charge in [-0.05, 0) is 61.1 Å². The molecular formula is C24H26N4O2. The number of H-pyrrole nitrogens is 1. The molecule has 1 fully saturated rings. The van der Waals surface area contributed by atoms with Crippen molar-refractivity contribution in [1.82, 2.24) is 15.6 Å². The molecule has 3 aromatic rings. The van der Waals surface area contributed by atoms with Crippen LogP contribution in [0.3, 0.4) is 0 Å². The van der Waals surface area contributed by atoms with Crippen molar-refractivity contribution in [3.8, 4) is 0 Å². The average Bonchev–Trinajstić information content (AvgIpc) is 3.32. The van der Waals surface area contributed by atoms with Crippen LogP contribution in [0.5, 0.6) is 0 Å². The second-order valence-electron chi connectivity index (χ2n) is 8.24. The third kappa shape index (κ3) is 3.65. The van der Waals surface area contributed by atoms with Gasteiger partial charge in [-0.15, -0.1) is 0 Å². The lowest BCUT2D eigenvalue weighted by Crippen LogP contribution is -2.43. The maximum atomic E-state index is 12.4. The number of fused-ring (bicyclic) bond motifs is 3. The zero-order valence-electron chi connectivity index (χ0n) is 16.9. The minimum atomic E-state index is -0.237. The van der Waals surface area contributed by atoms with Gasteiger partial charge < -0.3 is 20.5 Å². The summed E-state index contributed by atoms with van der Waals surface area (Å²) in [7, 11) is 0. The summed E-state index contributed by atoms with van der Waals surface area (Å²) in [5.74, 6) is 0.0363. The minimum absolute atomic E-state index is 0.0363. The molecule has 2 aliphatic rings. The predicted molar refractivity (Wildman–Crippen MR) is 118 cm³/mol. The summed E-state index contributed by atoms with van der Waals surface area (Å²) in [6, 6.07) is 15.5. The molecule has 6 heteroatoms. The van der Waals surface area contributed by atoms with Crippen LogP contribution >= 0.6 is 0 Å². The van der Waals surface area contributed by atoms with E-state index >= 15 is 0 Å². The lowest BCUT2D eigenvalue weighted by molar-refractivity contribution is -0.117. The number of amides is 3. The molecule has 30 heavy (non-hydrogen) atoms.